The van der Waals surface area contributed by atoms with Gasteiger partial charge in [-0.05, 0) is 36.5 Å². The summed E-state index contributed by atoms with van der Waals surface area (Å²) < 4.78 is 0. The number of anilines is 1. The summed E-state index contributed by atoms with van der Waals surface area (Å²) in [6, 6.07) is 10.1. The molecule has 30 heavy (non-hydrogen) atoms. The zero-order chi connectivity index (χ0) is 21.4. The van der Waals surface area contributed by atoms with E-state index in [-0.39, 0.29) is 13.1 Å². The number of amides is 1. The molecule has 1 unspecified atom stereocenters. The van der Waals surface area contributed by atoms with Crippen LogP contribution in [0, 0.1) is 5.41 Å². The Morgan fingerprint density at radius 1 is 1.13 bits per heavy atom. The number of rotatable bonds is 6. The maximum Gasteiger partial charge on any atom is 0.407 e. The fourth-order valence-electron chi connectivity index (χ4n) is 5.00. The molecule has 1 aromatic carbocycles. The maximum atomic E-state index is 12.2. The van der Waals surface area contributed by atoms with Gasteiger partial charge in [0.2, 0.25) is 0 Å². The zero-order valence-electron chi connectivity index (χ0n) is 17.8. The van der Waals surface area contributed by atoms with Crippen LogP contribution in [0.5, 0.6) is 0 Å². The average Bonchev–Trinajstić information content (AvgIpc) is 3.26. The van der Waals surface area contributed by atoms with Gasteiger partial charge in [0.25, 0.3) is 0 Å². The van der Waals surface area contributed by atoms with E-state index < -0.39 is 17.1 Å². The Morgan fingerprint density at radius 3 is 2.40 bits per heavy atom. The fourth-order valence-corrected chi connectivity index (χ4v) is 5.00. The molecule has 4 rings (SSSR count). The maximum absolute atomic E-state index is 12.2. The summed E-state index contributed by atoms with van der Waals surface area (Å²) in [5.41, 5.74) is 1.80. The lowest BCUT2D eigenvalue weighted by atomic mass is 9.62. The molecule has 2 N–H and O–H groups in total. The highest BCUT2D eigenvalue weighted by Gasteiger charge is 2.57. The number of hydrogen-bond donors (Lipinski definition) is 2. The van der Waals surface area contributed by atoms with Gasteiger partial charge in [0.1, 0.15) is 5.60 Å². The van der Waals surface area contributed by atoms with Gasteiger partial charge in [0.05, 0.1) is 11.9 Å². The van der Waals surface area contributed by atoms with E-state index in [4.69, 9.17) is 0 Å². The van der Waals surface area contributed by atoms with Crippen LogP contribution in [0.2, 0.25) is 0 Å². The van der Waals surface area contributed by atoms with Crippen LogP contribution in [0.1, 0.15) is 49.8 Å². The van der Waals surface area contributed by atoms with Gasteiger partial charge in [-0.15, -0.1) is 0 Å². The Hall–Kier alpha value is -2.60. The minimum atomic E-state index is -1.33. The molecule has 6 heteroatoms. The molecule has 0 aliphatic carbocycles. The first-order valence-electron chi connectivity index (χ1n) is 10.9. The Labute approximate surface area is 178 Å². The second-order valence-electron chi connectivity index (χ2n) is 8.98. The van der Waals surface area contributed by atoms with Crippen LogP contribution in [-0.2, 0) is 12.0 Å². The number of nitrogens with zero attached hydrogens (tertiary/aromatic N) is 3. The van der Waals surface area contributed by atoms with Gasteiger partial charge >= 0.3 is 6.09 Å². The van der Waals surface area contributed by atoms with Crippen molar-refractivity contribution in [1.82, 2.24) is 9.88 Å². The highest BCUT2D eigenvalue weighted by atomic mass is 16.4. The molecule has 2 fully saturated rings. The molecule has 0 spiro atoms. The topological polar surface area (TPSA) is 76.9 Å². The summed E-state index contributed by atoms with van der Waals surface area (Å²) in [7, 11) is 0. The van der Waals surface area contributed by atoms with Crippen molar-refractivity contribution >= 4 is 11.8 Å². The van der Waals surface area contributed by atoms with Gasteiger partial charge in [-0.25, -0.2) is 4.79 Å². The number of aryl methyl sites for hydroxylation is 1. The van der Waals surface area contributed by atoms with Crippen molar-refractivity contribution in [3.05, 3.63) is 59.4 Å². The van der Waals surface area contributed by atoms with E-state index in [9.17, 15) is 15.0 Å². The number of carboxylic acid groups (broad SMARTS) is 1. The van der Waals surface area contributed by atoms with Gasteiger partial charge in [-0.1, -0.05) is 44.5 Å². The number of benzene rings is 1. The molecule has 2 aliphatic heterocycles. The van der Waals surface area contributed by atoms with Crippen molar-refractivity contribution in [2.24, 2.45) is 5.41 Å². The predicted molar refractivity (Wildman–Crippen MR) is 117 cm³/mol. The van der Waals surface area contributed by atoms with Crippen molar-refractivity contribution < 1.29 is 15.0 Å². The van der Waals surface area contributed by atoms with E-state index >= 15 is 0 Å². The molecule has 0 saturated carbocycles. The molecule has 1 amide bonds. The minimum Gasteiger partial charge on any atom is -0.465 e. The molecule has 0 radical (unpaired) electrons. The van der Waals surface area contributed by atoms with Gasteiger partial charge in [-0.2, -0.15) is 0 Å². The Kier molecular flexibility index (Phi) is 5.45. The Bertz CT molecular complexity index is 902. The summed E-state index contributed by atoms with van der Waals surface area (Å²) in [5, 5.41) is 21.6. The van der Waals surface area contributed by atoms with E-state index in [1.165, 1.54) is 23.3 Å². The second kappa shape index (κ2) is 7.91. The summed E-state index contributed by atoms with van der Waals surface area (Å²) in [5.74, 6) is 0. The van der Waals surface area contributed by atoms with Crippen LogP contribution in [0.4, 0.5) is 10.5 Å². The third-order valence-electron chi connectivity index (χ3n) is 6.75. The highest BCUT2D eigenvalue weighted by Crippen LogP contribution is 2.51. The molecule has 2 aliphatic rings. The summed E-state index contributed by atoms with van der Waals surface area (Å²) in [6.45, 7) is 6.68. The number of aliphatic hydroxyl groups is 1. The molecular weight excluding hydrogens is 378 g/mol. The van der Waals surface area contributed by atoms with E-state index in [1.807, 2.05) is 31.3 Å². The highest BCUT2D eigenvalue weighted by molar-refractivity contribution is 5.67. The monoisotopic (exact) mass is 409 g/mol. The van der Waals surface area contributed by atoms with Crippen molar-refractivity contribution in [2.45, 2.75) is 45.1 Å². The summed E-state index contributed by atoms with van der Waals surface area (Å²) in [4.78, 5) is 19.6. The van der Waals surface area contributed by atoms with E-state index in [0.29, 0.717) is 0 Å². The third-order valence-corrected chi connectivity index (χ3v) is 6.75. The average molecular weight is 410 g/mol. The van der Waals surface area contributed by atoms with E-state index in [0.717, 1.165) is 42.7 Å². The predicted octanol–water partition coefficient (Wildman–Crippen LogP) is 3.87. The molecule has 6 nitrogen and oxygen atoms in total. The minimum absolute atomic E-state index is 0.281. The molecular formula is C24H31N3O3. The van der Waals surface area contributed by atoms with Crippen LogP contribution >= 0.6 is 0 Å². The SMILES string of the molecule is CCCc1ccc(C(O)(c2cncc(N3CCCC3)c2)C2(C)CN(C(=O)O)C2)cc1. The molecule has 160 valence electrons. The van der Waals surface area contributed by atoms with Crippen molar-refractivity contribution in [1.29, 1.82) is 0 Å². The van der Waals surface area contributed by atoms with Crippen molar-refractivity contribution in [3.8, 4) is 0 Å². The van der Waals surface area contributed by atoms with Crippen LogP contribution < -0.4 is 4.90 Å². The Morgan fingerprint density at radius 2 is 1.80 bits per heavy atom. The quantitative estimate of drug-likeness (QED) is 0.757. The molecule has 0 bridgehead atoms. The van der Waals surface area contributed by atoms with Gasteiger partial charge in [0, 0.05) is 43.4 Å². The molecule has 1 atom stereocenters. The normalized spacial score (nSPS) is 20.0. The largest absolute Gasteiger partial charge is 0.465 e. The van der Waals surface area contributed by atoms with Crippen LogP contribution in [-0.4, -0.2) is 52.4 Å². The Balaban J connectivity index is 1.76. The lowest BCUT2D eigenvalue weighted by Crippen LogP contribution is -2.66. The number of pyridine rings is 1. The van der Waals surface area contributed by atoms with Crippen LogP contribution in [0.3, 0.4) is 0 Å². The van der Waals surface area contributed by atoms with Crippen LogP contribution in [0.15, 0.2) is 42.7 Å². The number of carbonyl (C=O) groups is 1. The standard InChI is InChI=1S/C24H31N3O3/c1-3-6-18-7-9-19(10-8-18)24(30,23(2)16-27(17-23)22(28)29)20-13-21(15-25-14-20)26-11-4-5-12-26/h7-10,13-15,30H,3-6,11-12,16-17H2,1-2H3,(H,28,29). The number of hydrogen-bond acceptors (Lipinski definition) is 4. The van der Waals surface area contributed by atoms with E-state index in [1.54, 1.807) is 6.20 Å². The lowest BCUT2D eigenvalue weighted by Gasteiger charge is -2.55. The first kappa shape index (κ1) is 20.7. The molecule has 3 heterocycles. The number of aromatic nitrogens is 1. The third kappa shape index (κ3) is 3.43. The lowest BCUT2D eigenvalue weighted by molar-refractivity contribution is -0.124. The van der Waals surface area contributed by atoms with Crippen molar-refractivity contribution in [2.75, 3.05) is 31.1 Å². The first-order chi connectivity index (χ1) is 14.4. The smallest absolute Gasteiger partial charge is 0.407 e. The summed E-state index contributed by atoms with van der Waals surface area (Å²) >= 11 is 0. The van der Waals surface area contributed by atoms with Gasteiger partial charge < -0.3 is 20.0 Å². The fraction of sp³-hybridized carbons (Fsp3) is 0.500. The second-order valence-corrected chi connectivity index (χ2v) is 8.98. The molecule has 2 saturated heterocycles. The first-order valence-corrected chi connectivity index (χ1v) is 10.9. The zero-order valence-corrected chi connectivity index (χ0v) is 17.8. The van der Waals surface area contributed by atoms with E-state index in [2.05, 4.69) is 28.9 Å². The van der Waals surface area contributed by atoms with Gasteiger partial charge in [-0.3, -0.25) is 4.98 Å². The number of likely N-dealkylation sites (tertiary alicyclic amines) is 1. The molecule has 2 aromatic rings. The van der Waals surface area contributed by atoms with Gasteiger partial charge in [0.15, 0.2) is 0 Å². The molecule has 1 aromatic heterocycles. The van der Waals surface area contributed by atoms with Crippen LogP contribution in [0.25, 0.3) is 0 Å². The van der Waals surface area contributed by atoms with Crippen molar-refractivity contribution in [3.63, 3.8) is 0 Å². The summed E-state index contributed by atoms with van der Waals surface area (Å²) in [6.07, 6.45) is 7.03.